The van der Waals surface area contributed by atoms with Crippen LogP contribution in [0, 0.1) is 0 Å². The van der Waals surface area contributed by atoms with Crippen molar-refractivity contribution < 1.29 is 4.52 Å². The predicted octanol–water partition coefficient (Wildman–Crippen LogP) is 1.19. The van der Waals surface area contributed by atoms with Crippen LogP contribution in [-0.2, 0) is 0 Å². The maximum atomic E-state index is 4.56. The fourth-order valence-electron chi connectivity index (χ4n) is 0.605. The van der Waals surface area contributed by atoms with E-state index in [9.17, 15) is 0 Å². The topological polar surface area (TPSA) is 51.8 Å². The van der Waals surface area contributed by atoms with Crippen LogP contribution in [0.3, 0.4) is 0 Å². The van der Waals surface area contributed by atoms with Crippen LogP contribution in [0.25, 0.3) is 10.7 Å². The van der Waals surface area contributed by atoms with Gasteiger partial charge in [-0.25, -0.2) is 0 Å². The first-order chi connectivity index (χ1) is 4.97. The summed E-state index contributed by atoms with van der Waals surface area (Å²) in [6.07, 6.45) is 3.00. The van der Waals surface area contributed by atoms with E-state index in [4.69, 9.17) is 0 Å². The van der Waals surface area contributed by atoms with Crippen molar-refractivity contribution in [3.05, 3.63) is 18.1 Å². The lowest BCUT2D eigenvalue weighted by molar-refractivity contribution is 0.419. The third kappa shape index (κ3) is 0.801. The summed E-state index contributed by atoms with van der Waals surface area (Å²) in [6.45, 7) is 0. The molecule has 10 heavy (non-hydrogen) atoms. The summed E-state index contributed by atoms with van der Waals surface area (Å²) in [4.78, 5) is 8.65. The van der Waals surface area contributed by atoms with Crippen molar-refractivity contribution in [2.75, 3.05) is 0 Å². The van der Waals surface area contributed by atoms with Crippen LogP contribution in [-0.4, -0.2) is 15.1 Å². The molecule has 0 radical (unpaired) electrons. The number of thiazole rings is 1. The average molecular weight is 153 g/mol. The number of hydrogen-bond donors (Lipinski definition) is 0. The molecule has 0 aliphatic rings. The minimum Gasteiger partial charge on any atom is -0.342 e. The Labute approximate surface area is 60.5 Å². The van der Waals surface area contributed by atoms with E-state index < -0.39 is 0 Å². The number of nitrogens with zero attached hydrogens (tertiary/aromatic N) is 3. The molecule has 2 rings (SSSR count). The van der Waals surface area contributed by atoms with Crippen LogP contribution in [0.5, 0.6) is 0 Å². The lowest BCUT2D eigenvalue weighted by Crippen LogP contribution is -1.71. The Bertz CT molecular complexity index is 256. The zero-order valence-corrected chi connectivity index (χ0v) is 5.71. The Morgan fingerprint density at radius 3 is 3.10 bits per heavy atom. The van der Waals surface area contributed by atoms with Crippen LogP contribution in [0.2, 0.25) is 0 Å². The van der Waals surface area contributed by atoms with E-state index in [0.29, 0.717) is 5.82 Å². The second-order valence-corrected chi connectivity index (χ2v) is 2.51. The summed E-state index contributed by atoms with van der Waals surface area (Å²) in [7, 11) is 0. The van der Waals surface area contributed by atoms with Crippen molar-refractivity contribution in [3.63, 3.8) is 0 Å². The van der Waals surface area contributed by atoms with Gasteiger partial charge in [0.25, 0.3) is 0 Å². The summed E-state index contributed by atoms with van der Waals surface area (Å²) < 4.78 is 4.56. The third-order valence-electron chi connectivity index (χ3n) is 1.01. The predicted molar refractivity (Wildman–Crippen MR) is 35.4 cm³/mol. The second-order valence-electron chi connectivity index (χ2n) is 1.62. The van der Waals surface area contributed by atoms with E-state index in [2.05, 4.69) is 19.6 Å². The Morgan fingerprint density at radius 2 is 2.50 bits per heavy atom. The molecule has 0 bridgehead atoms. The highest BCUT2D eigenvalue weighted by Crippen LogP contribution is 2.17. The van der Waals surface area contributed by atoms with E-state index >= 15 is 0 Å². The van der Waals surface area contributed by atoms with Crippen molar-refractivity contribution in [3.8, 4) is 10.7 Å². The molecule has 0 spiro atoms. The Balaban J connectivity index is 2.48. The van der Waals surface area contributed by atoms with Crippen LogP contribution >= 0.6 is 11.3 Å². The largest absolute Gasteiger partial charge is 0.342 e. The van der Waals surface area contributed by atoms with Crippen molar-refractivity contribution in [1.29, 1.82) is 0 Å². The van der Waals surface area contributed by atoms with E-state index in [1.165, 1.54) is 17.7 Å². The van der Waals surface area contributed by atoms with E-state index in [1.54, 1.807) is 11.7 Å². The highest BCUT2D eigenvalue weighted by atomic mass is 32.1. The summed E-state index contributed by atoms with van der Waals surface area (Å²) in [6, 6.07) is 0. The highest BCUT2D eigenvalue weighted by molar-refractivity contribution is 7.13. The number of rotatable bonds is 1. The molecule has 2 aromatic heterocycles. The molecule has 0 aliphatic carbocycles. The molecular weight excluding hydrogens is 150 g/mol. The van der Waals surface area contributed by atoms with Gasteiger partial charge in [-0.2, -0.15) is 4.98 Å². The monoisotopic (exact) mass is 153 g/mol. The number of aromatic nitrogens is 3. The van der Waals surface area contributed by atoms with Crippen molar-refractivity contribution in [2.45, 2.75) is 0 Å². The molecule has 5 heteroatoms. The van der Waals surface area contributed by atoms with Crippen LogP contribution in [0.1, 0.15) is 0 Å². The summed E-state index contributed by atoms with van der Waals surface area (Å²) in [5, 5.41) is 3.64. The normalized spacial score (nSPS) is 10.0. The van der Waals surface area contributed by atoms with Gasteiger partial charge >= 0.3 is 0 Å². The van der Waals surface area contributed by atoms with Gasteiger partial charge in [-0.1, -0.05) is 5.16 Å². The molecule has 0 fully saturated rings. The molecule has 2 aromatic rings. The van der Waals surface area contributed by atoms with Crippen LogP contribution in [0.4, 0.5) is 0 Å². The quantitative estimate of drug-likeness (QED) is 0.617. The molecule has 0 atom stereocenters. The van der Waals surface area contributed by atoms with Gasteiger partial charge in [0, 0.05) is 6.20 Å². The van der Waals surface area contributed by atoms with Crippen LogP contribution < -0.4 is 0 Å². The van der Waals surface area contributed by atoms with Gasteiger partial charge in [-0.3, -0.25) is 4.98 Å². The lowest BCUT2D eigenvalue weighted by atomic mass is 10.5. The first-order valence-electron chi connectivity index (χ1n) is 2.62. The van der Waals surface area contributed by atoms with Gasteiger partial charge in [0.2, 0.25) is 12.2 Å². The minimum atomic E-state index is 0.600. The standard InChI is InChI=1S/C5H3N3OS/c1-4(10-3-6-1)5-7-2-9-8-5/h1-3H. The lowest BCUT2D eigenvalue weighted by Gasteiger charge is -1.78. The Morgan fingerprint density at radius 1 is 1.50 bits per heavy atom. The fraction of sp³-hybridized carbons (Fsp3) is 0. The van der Waals surface area contributed by atoms with Crippen molar-refractivity contribution >= 4 is 11.3 Å². The molecule has 0 saturated carbocycles. The molecule has 0 aromatic carbocycles. The third-order valence-corrected chi connectivity index (χ3v) is 1.78. The second kappa shape index (κ2) is 2.18. The minimum absolute atomic E-state index is 0.600. The molecule has 0 saturated heterocycles. The average Bonchev–Trinajstić information content (AvgIpc) is 2.59. The molecule has 0 N–H and O–H groups in total. The van der Waals surface area contributed by atoms with E-state index in [-0.39, 0.29) is 0 Å². The molecule has 2 heterocycles. The molecule has 50 valence electrons. The van der Waals surface area contributed by atoms with Gasteiger partial charge in [-0.05, 0) is 0 Å². The first-order valence-corrected chi connectivity index (χ1v) is 3.50. The Hall–Kier alpha value is -1.23. The van der Waals surface area contributed by atoms with Crippen LogP contribution in [0.15, 0.2) is 22.6 Å². The van der Waals surface area contributed by atoms with E-state index in [1.807, 2.05) is 0 Å². The SMILES string of the molecule is c1nc(-c2cncs2)no1. The number of hydrogen-bond acceptors (Lipinski definition) is 5. The van der Waals surface area contributed by atoms with Gasteiger partial charge in [0.05, 0.1) is 10.4 Å². The molecule has 0 unspecified atom stereocenters. The summed E-state index contributed by atoms with van der Waals surface area (Å²) in [5.41, 5.74) is 1.73. The van der Waals surface area contributed by atoms with Gasteiger partial charge in [-0.15, -0.1) is 11.3 Å². The van der Waals surface area contributed by atoms with E-state index in [0.717, 1.165) is 4.88 Å². The smallest absolute Gasteiger partial charge is 0.214 e. The van der Waals surface area contributed by atoms with Crippen molar-refractivity contribution in [2.24, 2.45) is 0 Å². The maximum Gasteiger partial charge on any atom is 0.214 e. The first kappa shape index (κ1) is 5.55. The van der Waals surface area contributed by atoms with Gasteiger partial charge in [0.1, 0.15) is 0 Å². The summed E-state index contributed by atoms with van der Waals surface area (Å²) in [5.74, 6) is 0.600. The zero-order valence-electron chi connectivity index (χ0n) is 4.89. The molecular formula is C5H3N3OS. The Kier molecular flexibility index (Phi) is 1.21. The molecule has 4 nitrogen and oxygen atoms in total. The highest BCUT2D eigenvalue weighted by Gasteiger charge is 2.02. The molecule has 0 aliphatic heterocycles. The molecule has 0 amide bonds. The van der Waals surface area contributed by atoms with Gasteiger partial charge in [0.15, 0.2) is 0 Å². The van der Waals surface area contributed by atoms with Crippen molar-refractivity contribution in [1.82, 2.24) is 15.1 Å². The zero-order chi connectivity index (χ0) is 6.81. The van der Waals surface area contributed by atoms with Gasteiger partial charge < -0.3 is 4.52 Å². The fourth-order valence-corrected chi connectivity index (χ4v) is 1.16. The maximum absolute atomic E-state index is 4.56. The summed E-state index contributed by atoms with van der Waals surface area (Å²) >= 11 is 1.48.